The van der Waals surface area contributed by atoms with Crippen molar-refractivity contribution in [2.45, 2.75) is 25.7 Å². The molecular weight excluding hydrogens is 214 g/mol. The standard InChI is InChI=1S/C13H19N3O/c1-16-9-11(14)8-12(16)13(17)15-7-6-10-4-2-3-5-10/h4,8-9H,2-3,5-7,14H2,1H3,(H,15,17). The van der Waals surface area contributed by atoms with Crippen molar-refractivity contribution in [1.29, 1.82) is 0 Å². The number of hydrogen-bond donors (Lipinski definition) is 2. The average Bonchev–Trinajstić information content (AvgIpc) is 2.88. The van der Waals surface area contributed by atoms with Crippen LogP contribution in [0, 0.1) is 0 Å². The molecule has 1 aromatic rings. The Hall–Kier alpha value is -1.71. The van der Waals surface area contributed by atoms with Crippen molar-refractivity contribution in [2.24, 2.45) is 7.05 Å². The van der Waals surface area contributed by atoms with Crippen molar-refractivity contribution in [2.75, 3.05) is 12.3 Å². The second kappa shape index (κ2) is 5.08. The maximum absolute atomic E-state index is 11.8. The smallest absolute Gasteiger partial charge is 0.267 e. The first-order chi connectivity index (χ1) is 8.16. The molecule has 1 heterocycles. The first-order valence-corrected chi connectivity index (χ1v) is 6.05. The molecule has 0 spiro atoms. The molecule has 0 saturated heterocycles. The molecule has 4 nitrogen and oxygen atoms in total. The van der Waals surface area contributed by atoms with Crippen molar-refractivity contribution < 1.29 is 4.79 Å². The number of nitrogen functional groups attached to an aromatic ring is 1. The van der Waals surface area contributed by atoms with E-state index in [9.17, 15) is 4.79 Å². The highest BCUT2D eigenvalue weighted by Crippen LogP contribution is 2.19. The third-order valence-corrected chi connectivity index (χ3v) is 3.13. The Morgan fingerprint density at radius 3 is 3.00 bits per heavy atom. The minimum Gasteiger partial charge on any atom is -0.397 e. The zero-order chi connectivity index (χ0) is 12.3. The van der Waals surface area contributed by atoms with Crippen LogP contribution in [0.4, 0.5) is 5.69 Å². The number of nitrogens with zero attached hydrogens (tertiary/aromatic N) is 1. The highest BCUT2D eigenvalue weighted by molar-refractivity contribution is 5.93. The van der Waals surface area contributed by atoms with Crippen molar-refractivity contribution in [3.8, 4) is 0 Å². The summed E-state index contributed by atoms with van der Waals surface area (Å²) in [4.78, 5) is 11.8. The van der Waals surface area contributed by atoms with E-state index in [0.29, 0.717) is 17.9 Å². The van der Waals surface area contributed by atoms with Crippen LogP contribution in [0.25, 0.3) is 0 Å². The number of rotatable bonds is 4. The summed E-state index contributed by atoms with van der Waals surface area (Å²) in [6, 6.07) is 1.70. The predicted octanol–water partition coefficient (Wildman–Crippen LogP) is 1.84. The number of anilines is 1. The molecule has 0 aromatic carbocycles. The fourth-order valence-electron chi connectivity index (χ4n) is 2.21. The average molecular weight is 233 g/mol. The Kier molecular flexibility index (Phi) is 3.52. The predicted molar refractivity (Wildman–Crippen MR) is 68.7 cm³/mol. The van der Waals surface area contributed by atoms with E-state index in [1.807, 2.05) is 7.05 Å². The van der Waals surface area contributed by atoms with Crippen LogP contribution in [-0.4, -0.2) is 17.0 Å². The van der Waals surface area contributed by atoms with Gasteiger partial charge in [-0.2, -0.15) is 0 Å². The summed E-state index contributed by atoms with van der Waals surface area (Å²) in [5.74, 6) is -0.0530. The van der Waals surface area contributed by atoms with Crippen LogP contribution >= 0.6 is 0 Å². The number of allylic oxidation sites excluding steroid dienone is 1. The molecule has 0 saturated carbocycles. The summed E-state index contributed by atoms with van der Waals surface area (Å²) < 4.78 is 1.75. The molecule has 1 aliphatic carbocycles. The molecule has 1 amide bonds. The lowest BCUT2D eigenvalue weighted by atomic mass is 10.2. The zero-order valence-corrected chi connectivity index (χ0v) is 10.2. The molecule has 0 aliphatic heterocycles. The Morgan fingerprint density at radius 1 is 1.59 bits per heavy atom. The Balaban J connectivity index is 1.83. The zero-order valence-electron chi connectivity index (χ0n) is 10.2. The maximum atomic E-state index is 11.8. The van der Waals surface area contributed by atoms with Gasteiger partial charge in [0.05, 0.1) is 5.69 Å². The Morgan fingerprint density at radius 2 is 2.41 bits per heavy atom. The lowest BCUT2D eigenvalue weighted by Crippen LogP contribution is -2.26. The minimum atomic E-state index is -0.0530. The lowest BCUT2D eigenvalue weighted by molar-refractivity contribution is 0.0946. The summed E-state index contributed by atoms with van der Waals surface area (Å²) in [5, 5.41) is 2.92. The molecule has 0 atom stereocenters. The van der Waals surface area contributed by atoms with Crippen molar-refractivity contribution in [3.63, 3.8) is 0 Å². The number of carbonyl (C=O) groups is 1. The molecular formula is C13H19N3O. The van der Waals surface area contributed by atoms with Crippen LogP contribution in [0.2, 0.25) is 0 Å². The fourth-order valence-corrected chi connectivity index (χ4v) is 2.21. The molecule has 17 heavy (non-hydrogen) atoms. The molecule has 4 heteroatoms. The Bertz CT molecular complexity index is 446. The molecule has 2 rings (SSSR count). The van der Waals surface area contributed by atoms with E-state index in [4.69, 9.17) is 5.73 Å². The van der Waals surface area contributed by atoms with Gasteiger partial charge in [0.25, 0.3) is 5.91 Å². The largest absolute Gasteiger partial charge is 0.397 e. The number of aryl methyl sites for hydroxylation is 1. The van der Waals surface area contributed by atoms with E-state index >= 15 is 0 Å². The first-order valence-electron chi connectivity index (χ1n) is 6.05. The summed E-state index contributed by atoms with van der Waals surface area (Å²) in [6.45, 7) is 0.704. The van der Waals surface area contributed by atoms with Gasteiger partial charge in [0, 0.05) is 19.8 Å². The maximum Gasteiger partial charge on any atom is 0.267 e. The monoisotopic (exact) mass is 233 g/mol. The molecule has 0 fully saturated rings. The molecule has 1 aromatic heterocycles. The molecule has 0 radical (unpaired) electrons. The first kappa shape index (κ1) is 11.8. The third-order valence-electron chi connectivity index (χ3n) is 3.13. The molecule has 0 unspecified atom stereocenters. The van der Waals surface area contributed by atoms with E-state index in [1.165, 1.54) is 24.8 Å². The molecule has 0 bridgehead atoms. The van der Waals surface area contributed by atoms with Crippen molar-refractivity contribution in [3.05, 3.63) is 29.6 Å². The minimum absolute atomic E-state index is 0.0530. The van der Waals surface area contributed by atoms with Gasteiger partial charge in [0.15, 0.2) is 0 Å². The van der Waals surface area contributed by atoms with Gasteiger partial charge in [-0.3, -0.25) is 4.79 Å². The topological polar surface area (TPSA) is 60.0 Å². The van der Waals surface area contributed by atoms with E-state index in [0.717, 1.165) is 6.42 Å². The molecule has 92 valence electrons. The van der Waals surface area contributed by atoms with Gasteiger partial charge in [0.2, 0.25) is 0 Å². The lowest BCUT2D eigenvalue weighted by Gasteiger charge is -2.06. The summed E-state index contributed by atoms with van der Waals surface area (Å²) in [7, 11) is 1.82. The van der Waals surface area contributed by atoms with Crippen molar-refractivity contribution >= 4 is 11.6 Å². The molecule has 3 N–H and O–H groups in total. The van der Waals surface area contributed by atoms with Gasteiger partial charge in [-0.1, -0.05) is 11.6 Å². The summed E-state index contributed by atoms with van der Waals surface area (Å²) in [6.07, 6.45) is 8.63. The van der Waals surface area contributed by atoms with Crippen LogP contribution < -0.4 is 11.1 Å². The van der Waals surface area contributed by atoms with E-state index in [1.54, 1.807) is 16.8 Å². The summed E-state index contributed by atoms with van der Waals surface area (Å²) in [5.41, 5.74) is 8.34. The highest BCUT2D eigenvalue weighted by Gasteiger charge is 2.10. The van der Waals surface area contributed by atoms with Crippen LogP contribution in [0.5, 0.6) is 0 Å². The van der Waals surface area contributed by atoms with Gasteiger partial charge >= 0.3 is 0 Å². The second-order valence-corrected chi connectivity index (χ2v) is 4.53. The number of nitrogens with two attached hydrogens (primary N) is 1. The van der Waals surface area contributed by atoms with Crippen LogP contribution in [0.15, 0.2) is 23.9 Å². The molecule has 1 aliphatic rings. The van der Waals surface area contributed by atoms with Crippen LogP contribution in [0.1, 0.15) is 36.2 Å². The summed E-state index contributed by atoms with van der Waals surface area (Å²) >= 11 is 0. The van der Waals surface area contributed by atoms with E-state index < -0.39 is 0 Å². The third kappa shape index (κ3) is 2.90. The number of nitrogens with one attached hydrogen (secondary N) is 1. The second-order valence-electron chi connectivity index (χ2n) is 4.53. The van der Waals surface area contributed by atoms with Gasteiger partial charge in [-0.15, -0.1) is 0 Å². The van der Waals surface area contributed by atoms with Crippen molar-refractivity contribution in [1.82, 2.24) is 9.88 Å². The quantitative estimate of drug-likeness (QED) is 0.779. The number of amides is 1. The Labute approximate surface area is 101 Å². The van der Waals surface area contributed by atoms with Gasteiger partial charge in [-0.05, 0) is 31.7 Å². The van der Waals surface area contributed by atoms with Gasteiger partial charge in [-0.25, -0.2) is 0 Å². The van der Waals surface area contributed by atoms with Gasteiger partial charge < -0.3 is 15.6 Å². The number of aromatic nitrogens is 1. The number of carbonyl (C=O) groups excluding carboxylic acids is 1. The normalized spacial score (nSPS) is 14.8. The van der Waals surface area contributed by atoms with Crippen LogP contribution in [-0.2, 0) is 7.05 Å². The van der Waals surface area contributed by atoms with E-state index in [-0.39, 0.29) is 5.91 Å². The highest BCUT2D eigenvalue weighted by atomic mass is 16.1. The van der Waals surface area contributed by atoms with Crippen LogP contribution in [0.3, 0.4) is 0 Å². The van der Waals surface area contributed by atoms with Gasteiger partial charge in [0.1, 0.15) is 5.69 Å². The fraction of sp³-hybridized carbons (Fsp3) is 0.462. The van der Waals surface area contributed by atoms with E-state index in [2.05, 4.69) is 11.4 Å². The SMILES string of the molecule is Cn1cc(N)cc1C(=O)NCCC1=CCCC1. The number of hydrogen-bond acceptors (Lipinski definition) is 2.